The number of carbonyl (C=O) groups excluding carboxylic acids is 2. The molecule has 2 atom stereocenters. The van der Waals surface area contributed by atoms with Crippen LogP contribution in [0.3, 0.4) is 0 Å². The number of hydrogen-bond donors (Lipinski definition) is 1. The average Bonchev–Trinajstić information content (AvgIpc) is 3.14. The van der Waals surface area contributed by atoms with E-state index in [0.29, 0.717) is 24.4 Å². The smallest absolute Gasteiger partial charge is 0.232 e. The van der Waals surface area contributed by atoms with E-state index in [-0.39, 0.29) is 23.7 Å². The molecule has 2 amide bonds. The minimum Gasteiger partial charge on any atom is -0.494 e. The van der Waals surface area contributed by atoms with Crippen molar-refractivity contribution in [2.24, 2.45) is 5.92 Å². The number of anilines is 2. The third-order valence-corrected chi connectivity index (χ3v) is 5.47. The first-order valence-corrected chi connectivity index (χ1v) is 9.89. The molecule has 1 heterocycles. The molecule has 0 bridgehead atoms. The molecule has 0 aromatic heterocycles. The van der Waals surface area contributed by atoms with E-state index in [1.807, 2.05) is 42.5 Å². The summed E-state index contributed by atoms with van der Waals surface area (Å²) in [6.07, 6.45) is 2.33. The lowest BCUT2D eigenvalue weighted by atomic mass is 9.85. The molecular weight excluding hydrogens is 352 g/mol. The summed E-state index contributed by atoms with van der Waals surface area (Å²) in [7, 11) is 1.58. The summed E-state index contributed by atoms with van der Waals surface area (Å²) in [5.41, 5.74) is 2.44. The molecule has 0 radical (unpaired) electrons. The van der Waals surface area contributed by atoms with Crippen molar-refractivity contribution in [2.75, 3.05) is 23.9 Å². The quantitative estimate of drug-likeness (QED) is 0.764. The van der Waals surface area contributed by atoms with Gasteiger partial charge in [0.1, 0.15) is 5.75 Å². The maximum atomic E-state index is 13.1. The number of nitrogens with zero attached hydrogens (tertiary/aromatic N) is 1. The molecule has 1 aliphatic rings. The molecule has 2 unspecified atom stereocenters. The molecule has 28 heavy (non-hydrogen) atoms. The Morgan fingerprint density at radius 1 is 1.21 bits per heavy atom. The van der Waals surface area contributed by atoms with Crippen molar-refractivity contribution in [3.63, 3.8) is 0 Å². The van der Waals surface area contributed by atoms with Crippen LogP contribution >= 0.6 is 0 Å². The minimum atomic E-state index is -0.225. The van der Waals surface area contributed by atoms with Crippen molar-refractivity contribution in [1.82, 2.24) is 0 Å². The van der Waals surface area contributed by atoms with Crippen molar-refractivity contribution in [1.29, 1.82) is 0 Å². The Balaban J connectivity index is 1.83. The molecule has 2 aromatic rings. The van der Waals surface area contributed by atoms with E-state index in [1.165, 1.54) is 0 Å². The van der Waals surface area contributed by atoms with Crippen molar-refractivity contribution in [3.05, 3.63) is 54.1 Å². The summed E-state index contributed by atoms with van der Waals surface area (Å²) < 4.78 is 5.50. The number of nitrogens with one attached hydrogen (secondary N) is 1. The van der Waals surface area contributed by atoms with E-state index in [4.69, 9.17) is 4.74 Å². The van der Waals surface area contributed by atoms with E-state index in [0.717, 1.165) is 24.1 Å². The fourth-order valence-corrected chi connectivity index (χ4v) is 3.74. The number of methoxy groups -OCH3 is 1. The summed E-state index contributed by atoms with van der Waals surface area (Å²) in [6, 6.07) is 15.3. The van der Waals surface area contributed by atoms with Crippen molar-refractivity contribution < 1.29 is 14.3 Å². The van der Waals surface area contributed by atoms with E-state index >= 15 is 0 Å². The fourth-order valence-electron chi connectivity index (χ4n) is 3.74. The number of amides is 2. The molecule has 5 heteroatoms. The number of hydrogen-bond acceptors (Lipinski definition) is 3. The van der Waals surface area contributed by atoms with E-state index in [9.17, 15) is 9.59 Å². The van der Waals surface area contributed by atoms with Crippen LogP contribution in [-0.4, -0.2) is 25.5 Å². The molecule has 5 nitrogen and oxygen atoms in total. The predicted octanol–water partition coefficient (Wildman–Crippen LogP) is 4.59. The van der Waals surface area contributed by atoms with Crippen molar-refractivity contribution >= 4 is 23.2 Å². The highest BCUT2D eigenvalue weighted by Crippen LogP contribution is 2.35. The van der Waals surface area contributed by atoms with Gasteiger partial charge in [-0.15, -0.1) is 0 Å². The van der Waals surface area contributed by atoms with Gasteiger partial charge >= 0.3 is 0 Å². The zero-order valence-corrected chi connectivity index (χ0v) is 16.8. The summed E-state index contributed by atoms with van der Waals surface area (Å²) in [4.78, 5) is 26.9. The van der Waals surface area contributed by atoms with Crippen LogP contribution in [0.5, 0.6) is 5.75 Å². The standard InChI is InChI=1S/C23H28N2O3/c1-4-16(2)22(17-9-6-5-7-10-17)23(27)24-18-12-13-19(20(15-18)28-3)25-14-8-11-21(25)26/h5-7,9-10,12-13,15-16,22H,4,8,11,14H2,1-3H3,(H,24,27). The lowest BCUT2D eigenvalue weighted by molar-refractivity contribution is -0.119. The SMILES string of the molecule is CCC(C)C(C(=O)Nc1ccc(N2CCCC2=O)c(OC)c1)c1ccccc1. The van der Waals surface area contributed by atoms with Gasteiger partial charge in [-0.05, 0) is 30.0 Å². The zero-order valence-electron chi connectivity index (χ0n) is 16.8. The van der Waals surface area contributed by atoms with Crippen LogP contribution in [0.15, 0.2) is 48.5 Å². The number of ether oxygens (including phenoxy) is 1. The maximum absolute atomic E-state index is 13.1. The zero-order chi connectivity index (χ0) is 20.1. The normalized spacial score (nSPS) is 16.0. The highest BCUT2D eigenvalue weighted by atomic mass is 16.5. The lowest BCUT2D eigenvalue weighted by Crippen LogP contribution is -2.26. The molecular formula is C23H28N2O3. The molecule has 3 rings (SSSR count). The van der Waals surface area contributed by atoms with Crippen molar-refractivity contribution in [2.45, 2.75) is 39.0 Å². The van der Waals surface area contributed by atoms with Gasteiger partial charge in [-0.3, -0.25) is 9.59 Å². The number of rotatable bonds is 7. The monoisotopic (exact) mass is 380 g/mol. The predicted molar refractivity (Wildman–Crippen MR) is 112 cm³/mol. The van der Waals surface area contributed by atoms with Crippen LogP contribution in [0.25, 0.3) is 0 Å². The molecule has 148 valence electrons. The molecule has 1 saturated heterocycles. The van der Waals surface area contributed by atoms with Crippen molar-refractivity contribution in [3.8, 4) is 5.75 Å². The van der Waals surface area contributed by atoms with Gasteiger partial charge in [0.05, 0.1) is 18.7 Å². The highest BCUT2D eigenvalue weighted by Gasteiger charge is 2.27. The molecule has 0 saturated carbocycles. The molecule has 2 aromatic carbocycles. The maximum Gasteiger partial charge on any atom is 0.232 e. The lowest BCUT2D eigenvalue weighted by Gasteiger charge is -2.24. The summed E-state index contributed by atoms with van der Waals surface area (Å²) >= 11 is 0. The van der Waals surface area contributed by atoms with Crippen LogP contribution in [0, 0.1) is 5.92 Å². The molecule has 1 fully saturated rings. The largest absolute Gasteiger partial charge is 0.494 e. The van der Waals surface area contributed by atoms with E-state index < -0.39 is 0 Å². The highest BCUT2D eigenvalue weighted by molar-refractivity contribution is 5.99. The summed E-state index contributed by atoms with van der Waals surface area (Å²) in [5.74, 6) is 0.652. The summed E-state index contributed by atoms with van der Waals surface area (Å²) in [5, 5.41) is 3.04. The van der Waals surface area contributed by atoms with Gasteiger partial charge in [-0.2, -0.15) is 0 Å². The van der Waals surface area contributed by atoms with Gasteiger partial charge in [0.15, 0.2) is 0 Å². The van der Waals surface area contributed by atoms with Crippen LogP contribution in [0.4, 0.5) is 11.4 Å². The third-order valence-electron chi connectivity index (χ3n) is 5.47. The second-order valence-corrected chi connectivity index (χ2v) is 7.30. The first-order valence-electron chi connectivity index (χ1n) is 9.89. The first kappa shape index (κ1) is 19.9. The van der Waals surface area contributed by atoms with Gasteiger partial charge in [0, 0.05) is 24.7 Å². The van der Waals surface area contributed by atoms with Gasteiger partial charge in [-0.1, -0.05) is 50.6 Å². The second kappa shape index (κ2) is 8.91. The van der Waals surface area contributed by atoms with Gasteiger partial charge in [-0.25, -0.2) is 0 Å². The number of benzene rings is 2. The fraction of sp³-hybridized carbons (Fsp3) is 0.391. The Morgan fingerprint density at radius 2 is 1.96 bits per heavy atom. The number of carbonyl (C=O) groups is 2. The third kappa shape index (κ3) is 4.19. The Bertz CT molecular complexity index is 835. The van der Waals surface area contributed by atoms with Gasteiger partial charge in [0.2, 0.25) is 11.8 Å². The Kier molecular flexibility index (Phi) is 6.34. The molecule has 0 aliphatic carbocycles. The van der Waals surface area contributed by atoms with Gasteiger partial charge < -0.3 is 15.0 Å². The topological polar surface area (TPSA) is 58.6 Å². The van der Waals surface area contributed by atoms with Gasteiger partial charge in [0.25, 0.3) is 0 Å². The Labute approximate surface area is 166 Å². The molecule has 1 N–H and O–H groups in total. The average molecular weight is 380 g/mol. The minimum absolute atomic E-state index is 0.0346. The van der Waals surface area contributed by atoms with E-state index in [2.05, 4.69) is 19.2 Å². The van der Waals surface area contributed by atoms with Crippen LogP contribution in [0.1, 0.15) is 44.6 Å². The Hall–Kier alpha value is -2.82. The van der Waals surface area contributed by atoms with Crippen LogP contribution < -0.4 is 15.0 Å². The molecule has 0 spiro atoms. The van der Waals surface area contributed by atoms with E-state index in [1.54, 1.807) is 18.1 Å². The van der Waals surface area contributed by atoms with Crippen LogP contribution in [0.2, 0.25) is 0 Å². The van der Waals surface area contributed by atoms with Crippen LogP contribution in [-0.2, 0) is 9.59 Å². The summed E-state index contributed by atoms with van der Waals surface area (Å²) in [6.45, 7) is 4.89. The first-order chi connectivity index (χ1) is 13.5. The second-order valence-electron chi connectivity index (χ2n) is 7.30. The molecule has 1 aliphatic heterocycles. The Morgan fingerprint density at radius 3 is 2.57 bits per heavy atom.